The number of hydrogen-bond donors (Lipinski definition) is 1. The number of nitrogens with two attached hydrogens (primary N) is 1. The molecule has 1 heterocycles. The molecule has 0 saturated heterocycles. The Morgan fingerprint density at radius 3 is 2.48 bits per heavy atom. The van der Waals surface area contributed by atoms with Gasteiger partial charge in [0, 0.05) is 17.6 Å². The molecular formula is C24H28N2O3. The molecule has 0 atom stereocenters. The maximum absolute atomic E-state index is 13.0. The van der Waals surface area contributed by atoms with Crippen LogP contribution in [0.3, 0.4) is 0 Å². The Hall–Kier alpha value is -2.79. The van der Waals surface area contributed by atoms with E-state index in [4.69, 9.17) is 15.2 Å². The van der Waals surface area contributed by atoms with Crippen LogP contribution in [0.1, 0.15) is 36.8 Å². The number of aryl methyl sites for hydroxylation is 1. The van der Waals surface area contributed by atoms with Crippen LogP contribution in [0.25, 0.3) is 10.8 Å². The molecule has 0 aliphatic heterocycles. The van der Waals surface area contributed by atoms with Crippen molar-refractivity contribution in [3.05, 3.63) is 70.1 Å². The molecule has 0 amide bonds. The number of nitrogens with zero attached hydrogens (tertiary/aromatic N) is 1. The van der Waals surface area contributed by atoms with Gasteiger partial charge in [-0.1, -0.05) is 12.1 Å². The highest BCUT2D eigenvalue weighted by Gasteiger charge is 2.20. The molecule has 1 aliphatic carbocycles. The minimum Gasteiger partial charge on any atom is -0.497 e. The van der Waals surface area contributed by atoms with Gasteiger partial charge >= 0.3 is 0 Å². The average molecular weight is 392 g/mol. The lowest BCUT2D eigenvalue weighted by atomic mass is 9.93. The van der Waals surface area contributed by atoms with Crippen molar-refractivity contribution in [2.75, 3.05) is 7.11 Å². The molecule has 1 aromatic heterocycles. The second kappa shape index (κ2) is 8.29. The summed E-state index contributed by atoms with van der Waals surface area (Å²) in [5.41, 5.74) is 8.05. The SMILES string of the molecule is COc1ccc(Cn2ccc3cc(O[C@H]4CC[C@H](N)CC4)c(C)cc3c2=O)cc1. The second-order valence-electron chi connectivity index (χ2n) is 7.96. The number of aromatic nitrogens is 1. The van der Waals surface area contributed by atoms with Gasteiger partial charge in [-0.25, -0.2) is 0 Å². The largest absolute Gasteiger partial charge is 0.497 e. The third-order valence-corrected chi connectivity index (χ3v) is 5.80. The van der Waals surface area contributed by atoms with E-state index >= 15 is 0 Å². The van der Waals surface area contributed by atoms with E-state index in [0.717, 1.165) is 59.1 Å². The average Bonchev–Trinajstić information content (AvgIpc) is 2.73. The van der Waals surface area contributed by atoms with Gasteiger partial charge in [0.1, 0.15) is 11.5 Å². The number of fused-ring (bicyclic) bond motifs is 1. The highest BCUT2D eigenvalue weighted by molar-refractivity contribution is 5.84. The standard InChI is InChI=1S/C24H28N2O3/c1-16-13-22-18(14-23(16)29-21-9-5-19(25)6-10-21)11-12-26(24(22)27)15-17-3-7-20(28-2)8-4-17/h3-4,7-8,11-14,19,21H,5-6,9-10,15,25H2,1-2H3/t19-,21-. The molecule has 1 aliphatic rings. The summed E-state index contributed by atoms with van der Waals surface area (Å²) in [6.07, 6.45) is 6.06. The molecule has 1 saturated carbocycles. The number of benzene rings is 2. The molecule has 3 aromatic rings. The maximum atomic E-state index is 13.0. The highest BCUT2D eigenvalue weighted by Crippen LogP contribution is 2.28. The molecule has 1 fully saturated rings. The summed E-state index contributed by atoms with van der Waals surface area (Å²) in [5.74, 6) is 1.67. The summed E-state index contributed by atoms with van der Waals surface area (Å²) in [6.45, 7) is 2.53. The van der Waals surface area contributed by atoms with Gasteiger partial charge in [0.25, 0.3) is 5.56 Å². The van der Waals surface area contributed by atoms with E-state index in [0.29, 0.717) is 12.6 Å². The van der Waals surface area contributed by atoms with Crippen molar-refractivity contribution in [1.29, 1.82) is 0 Å². The molecule has 4 rings (SSSR count). The Balaban J connectivity index is 1.58. The minimum atomic E-state index is 0.0107. The van der Waals surface area contributed by atoms with Crippen LogP contribution in [0.15, 0.2) is 53.5 Å². The predicted molar refractivity (Wildman–Crippen MR) is 116 cm³/mol. The van der Waals surface area contributed by atoms with E-state index in [9.17, 15) is 4.79 Å². The van der Waals surface area contributed by atoms with Crippen molar-refractivity contribution in [3.8, 4) is 11.5 Å². The molecule has 0 radical (unpaired) electrons. The lowest BCUT2D eigenvalue weighted by Gasteiger charge is -2.27. The monoisotopic (exact) mass is 392 g/mol. The Morgan fingerprint density at radius 2 is 1.79 bits per heavy atom. The molecule has 0 spiro atoms. The quantitative estimate of drug-likeness (QED) is 0.712. The van der Waals surface area contributed by atoms with Gasteiger partial charge in [0.15, 0.2) is 0 Å². The molecular weight excluding hydrogens is 364 g/mol. The van der Waals surface area contributed by atoms with Crippen molar-refractivity contribution >= 4 is 10.8 Å². The van der Waals surface area contributed by atoms with E-state index in [1.165, 1.54) is 0 Å². The Morgan fingerprint density at radius 1 is 1.07 bits per heavy atom. The fourth-order valence-corrected chi connectivity index (χ4v) is 3.98. The van der Waals surface area contributed by atoms with Crippen LogP contribution >= 0.6 is 0 Å². The van der Waals surface area contributed by atoms with Crippen molar-refractivity contribution in [2.45, 2.75) is 51.3 Å². The number of hydrogen-bond acceptors (Lipinski definition) is 4. The van der Waals surface area contributed by atoms with E-state index in [-0.39, 0.29) is 11.7 Å². The van der Waals surface area contributed by atoms with Crippen molar-refractivity contribution in [2.24, 2.45) is 5.73 Å². The lowest BCUT2D eigenvalue weighted by Crippen LogP contribution is -2.31. The van der Waals surface area contributed by atoms with Crippen molar-refractivity contribution in [1.82, 2.24) is 4.57 Å². The summed E-state index contributed by atoms with van der Waals surface area (Å²) in [4.78, 5) is 13.0. The van der Waals surface area contributed by atoms with Crippen LogP contribution in [-0.4, -0.2) is 23.8 Å². The second-order valence-corrected chi connectivity index (χ2v) is 7.96. The molecule has 0 bridgehead atoms. The van der Waals surface area contributed by atoms with Gasteiger partial charge < -0.3 is 19.8 Å². The van der Waals surface area contributed by atoms with Crippen LogP contribution < -0.4 is 20.8 Å². The zero-order chi connectivity index (χ0) is 20.4. The third kappa shape index (κ3) is 4.30. The molecule has 5 nitrogen and oxygen atoms in total. The summed E-state index contributed by atoms with van der Waals surface area (Å²) >= 11 is 0. The van der Waals surface area contributed by atoms with Gasteiger partial charge in [-0.2, -0.15) is 0 Å². The van der Waals surface area contributed by atoms with E-state index in [1.807, 2.05) is 55.6 Å². The van der Waals surface area contributed by atoms with Crippen LogP contribution in [-0.2, 0) is 6.54 Å². The fourth-order valence-electron chi connectivity index (χ4n) is 3.98. The Bertz CT molecular complexity index is 1050. The van der Waals surface area contributed by atoms with Gasteiger partial charge in [-0.15, -0.1) is 0 Å². The van der Waals surface area contributed by atoms with Gasteiger partial charge in [0.2, 0.25) is 0 Å². The Labute approximate surface area is 171 Å². The zero-order valence-corrected chi connectivity index (χ0v) is 17.1. The van der Waals surface area contributed by atoms with E-state index < -0.39 is 0 Å². The number of pyridine rings is 1. The van der Waals surface area contributed by atoms with Crippen LogP contribution in [0, 0.1) is 6.92 Å². The first kappa shape index (κ1) is 19.5. The molecule has 2 N–H and O–H groups in total. The predicted octanol–water partition coefficient (Wildman–Crippen LogP) is 4.02. The van der Waals surface area contributed by atoms with Gasteiger partial charge in [0.05, 0.1) is 19.8 Å². The minimum absolute atomic E-state index is 0.0107. The summed E-state index contributed by atoms with van der Waals surface area (Å²) in [7, 11) is 1.65. The topological polar surface area (TPSA) is 66.5 Å². The molecule has 2 aromatic carbocycles. The smallest absolute Gasteiger partial charge is 0.258 e. The first-order valence-corrected chi connectivity index (χ1v) is 10.2. The van der Waals surface area contributed by atoms with Gasteiger partial charge in [-0.05, 0) is 79.5 Å². The molecule has 5 heteroatoms. The van der Waals surface area contributed by atoms with Crippen LogP contribution in [0.5, 0.6) is 11.5 Å². The first-order chi connectivity index (χ1) is 14.0. The maximum Gasteiger partial charge on any atom is 0.258 e. The number of methoxy groups -OCH3 is 1. The summed E-state index contributed by atoms with van der Waals surface area (Å²) in [6, 6.07) is 14.0. The van der Waals surface area contributed by atoms with Crippen LogP contribution in [0.4, 0.5) is 0 Å². The highest BCUT2D eigenvalue weighted by atomic mass is 16.5. The summed E-state index contributed by atoms with van der Waals surface area (Å²) < 4.78 is 13.2. The third-order valence-electron chi connectivity index (χ3n) is 5.80. The van der Waals surface area contributed by atoms with Crippen molar-refractivity contribution < 1.29 is 9.47 Å². The first-order valence-electron chi connectivity index (χ1n) is 10.2. The van der Waals surface area contributed by atoms with E-state index in [1.54, 1.807) is 11.7 Å². The molecule has 0 unspecified atom stereocenters. The fraction of sp³-hybridized carbons (Fsp3) is 0.375. The lowest BCUT2D eigenvalue weighted by molar-refractivity contribution is 0.146. The normalized spacial score (nSPS) is 19.3. The number of rotatable bonds is 5. The summed E-state index contributed by atoms with van der Waals surface area (Å²) in [5, 5.41) is 1.63. The van der Waals surface area contributed by atoms with Crippen LogP contribution in [0.2, 0.25) is 0 Å². The zero-order valence-electron chi connectivity index (χ0n) is 17.1. The Kier molecular flexibility index (Phi) is 5.58. The molecule has 152 valence electrons. The molecule has 29 heavy (non-hydrogen) atoms. The van der Waals surface area contributed by atoms with Crippen molar-refractivity contribution in [3.63, 3.8) is 0 Å². The van der Waals surface area contributed by atoms with Gasteiger partial charge in [-0.3, -0.25) is 4.79 Å². The number of ether oxygens (including phenoxy) is 2. The van der Waals surface area contributed by atoms with E-state index in [2.05, 4.69) is 0 Å².